The summed E-state index contributed by atoms with van der Waals surface area (Å²) < 4.78 is 0. The van der Waals surface area contributed by atoms with E-state index >= 15 is 0 Å². The third-order valence-corrected chi connectivity index (χ3v) is 2.63. The monoisotopic (exact) mass is 265 g/mol. The minimum atomic E-state index is -1.36. The Morgan fingerprint density at radius 3 is 2.53 bits per heavy atom. The van der Waals surface area contributed by atoms with Gasteiger partial charge in [0.2, 0.25) is 5.91 Å². The Bertz CT molecular complexity index is 528. The van der Waals surface area contributed by atoms with E-state index < -0.39 is 30.2 Å². The van der Waals surface area contributed by atoms with E-state index in [0.29, 0.717) is 11.3 Å². The van der Waals surface area contributed by atoms with Crippen molar-refractivity contribution in [3.63, 3.8) is 0 Å². The number of amides is 2. The van der Waals surface area contributed by atoms with Gasteiger partial charge in [0.25, 0.3) is 5.91 Å². The number of carbonyl (C=O) groups is 3. The molecule has 7 nitrogen and oxygen atoms in total. The lowest BCUT2D eigenvalue weighted by Crippen LogP contribution is -2.43. The van der Waals surface area contributed by atoms with Crippen LogP contribution in [0.15, 0.2) is 18.2 Å². The molecular formula is C12H15N3O4. The minimum absolute atomic E-state index is 0.260. The van der Waals surface area contributed by atoms with Crippen molar-refractivity contribution in [1.29, 1.82) is 0 Å². The summed E-state index contributed by atoms with van der Waals surface area (Å²) in [6.45, 7) is 1.65. The van der Waals surface area contributed by atoms with Crippen LogP contribution in [-0.2, 0) is 9.59 Å². The van der Waals surface area contributed by atoms with Crippen LogP contribution in [0.1, 0.15) is 22.3 Å². The molecule has 0 unspecified atom stereocenters. The van der Waals surface area contributed by atoms with Crippen LogP contribution in [0.4, 0.5) is 5.69 Å². The number of nitrogens with one attached hydrogen (secondary N) is 1. The summed E-state index contributed by atoms with van der Waals surface area (Å²) in [5, 5.41) is 11.1. The van der Waals surface area contributed by atoms with E-state index in [1.807, 2.05) is 0 Å². The highest BCUT2D eigenvalue weighted by atomic mass is 16.4. The molecular weight excluding hydrogens is 250 g/mol. The van der Waals surface area contributed by atoms with Crippen molar-refractivity contribution < 1.29 is 19.5 Å². The number of aliphatic carboxylic acids is 1. The van der Waals surface area contributed by atoms with Gasteiger partial charge in [0, 0.05) is 11.3 Å². The van der Waals surface area contributed by atoms with E-state index in [2.05, 4.69) is 5.32 Å². The summed E-state index contributed by atoms with van der Waals surface area (Å²) in [5.74, 6) is -2.75. The predicted molar refractivity (Wildman–Crippen MR) is 68.3 cm³/mol. The number of hydrogen-bond donors (Lipinski definition) is 4. The molecule has 1 aromatic carbocycles. The van der Waals surface area contributed by atoms with Crippen molar-refractivity contribution in [3.8, 4) is 0 Å². The van der Waals surface area contributed by atoms with Gasteiger partial charge in [-0.05, 0) is 24.6 Å². The Morgan fingerprint density at radius 2 is 2.00 bits per heavy atom. The molecule has 0 radical (unpaired) electrons. The minimum Gasteiger partial charge on any atom is -0.480 e. The number of carboxylic acids is 1. The average molecular weight is 265 g/mol. The van der Waals surface area contributed by atoms with Gasteiger partial charge in [-0.3, -0.25) is 9.59 Å². The summed E-state index contributed by atoms with van der Waals surface area (Å²) in [7, 11) is 0. The molecule has 1 rings (SSSR count). The van der Waals surface area contributed by atoms with E-state index in [4.69, 9.17) is 16.6 Å². The Kier molecular flexibility index (Phi) is 4.46. The number of anilines is 1. The molecule has 102 valence electrons. The van der Waals surface area contributed by atoms with Gasteiger partial charge in [-0.15, -0.1) is 0 Å². The molecule has 0 aromatic heterocycles. The van der Waals surface area contributed by atoms with Crippen LogP contribution >= 0.6 is 0 Å². The van der Waals surface area contributed by atoms with Crippen molar-refractivity contribution in [2.24, 2.45) is 5.73 Å². The fraction of sp³-hybridized carbons (Fsp3) is 0.250. The van der Waals surface area contributed by atoms with Crippen LogP contribution in [0.25, 0.3) is 0 Å². The van der Waals surface area contributed by atoms with Crippen LogP contribution in [0.5, 0.6) is 0 Å². The molecule has 7 heteroatoms. The van der Waals surface area contributed by atoms with Gasteiger partial charge in [-0.1, -0.05) is 6.07 Å². The Labute approximate surface area is 109 Å². The fourth-order valence-electron chi connectivity index (χ4n) is 1.54. The molecule has 0 aliphatic rings. The molecule has 0 bridgehead atoms. The SMILES string of the molecule is Cc1c(N)cccc1C(=O)N[C@@H](CC(N)=O)C(=O)O. The molecule has 0 aliphatic heterocycles. The normalized spacial score (nSPS) is 11.6. The second-order valence-corrected chi connectivity index (χ2v) is 4.05. The molecule has 19 heavy (non-hydrogen) atoms. The van der Waals surface area contributed by atoms with E-state index in [1.165, 1.54) is 6.07 Å². The zero-order chi connectivity index (χ0) is 14.6. The van der Waals surface area contributed by atoms with Crippen molar-refractivity contribution in [1.82, 2.24) is 5.32 Å². The molecule has 1 atom stereocenters. The molecule has 0 spiro atoms. The van der Waals surface area contributed by atoms with Gasteiger partial charge in [-0.2, -0.15) is 0 Å². The maximum Gasteiger partial charge on any atom is 0.326 e. The number of hydrogen-bond acceptors (Lipinski definition) is 4. The summed E-state index contributed by atoms with van der Waals surface area (Å²) in [6, 6.07) is 3.38. The molecule has 1 aromatic rings. The molecule has 0 heterocycles. The standard InChI is InChI=1S/C12H15N3O4/c1-6-7(3-2-4-8(6)13)11(17)15-9(12(18)19)5-10(14)16/h2-4,9H,5,13H2,1H3,(H2,14,16)(H,15,17)(H,18,19)/t9-/m0/s1. The van der Waals surface area contributed by atoms with E-state index in [-0.39, 0.29) is 5.56 Å². The number of benzene rings is 1. The maximum absolute atomic E-state index is 11.9. The number of carbonyl (C=O) groups excluding carboxylic acids is 2. The number of rotatable bonds is 5. The summed E-state index contributed by atoms with van der Waals surface area (Å²) in [4.78, 5) is 33.6. The van der Waals surface area contributed by atoms with Crippen LogP contribution in [0, 0.1) is 6.92 Å². The molecule has 0 saturated heterocycles. The lowest BCUT2D eigenvalue weighted by Gasteiger charge is -2.14. The smallest absolute Gasteiger partial charge is 0.326 e. The van der Waals surface area contributed by atoms with Gasteiger partial charge in [0.15, 0.2) is 0 Å². The first kappa shape index (κ1) is 14.5. The highest BCUT2D eigenvalue weighted by Gasteiger charge is 2.23. The van der Waals surface area contributed by atoms with Gasteiger partial charge in [0.1, 0.15) is 6.04 Å². The summed E-state index contributed by atoms with van der Waals surface area (Å²) >= 11 is 0. The second kappa shape index (κ2) is 5.85. The molecule has 6 N–H and O–H groups in total. The van der Waals surface area contributed by atoms with Crippen LogP contribution in [0.2, 0.25) is 0 Å². The number of nitrogens with two attached hydrogens (primary N) is 2. The number of primary amides is 1. The molecule has 0 saturated carbocycles. The van der Waals surface area contributed by atoms with Crippen LogP contribution in [0.3, 0.4) is 0 Å². The third-order valence-electron chi connectivity index (χ3n) is 2.63. The zero-order valence-corrected chi connectivity index (χ0v) is 10.3. The number of nitrogen functional groups attached to an aromatic ring is 1. The lowest BCUT2D eigenvalue weighted by molar-refractivity contribution is -0.140. The Balaban J connectivity index is 2.91. The summed E-state index contributed by atoms with van der Waals surface area (Å²) in [6.07, 6.45) is -0.470. The third kappa shape index (κ3) is 3.70. The predicted octanol–water partition coefficient (Wildman–Crippen LogP) is -0.364. The van der Waals surface area contributed by atoms with Gasteiger partial charge >= 0.3 is 5.97 Å². The van der Waals surface area contributed by atoms with Gasteiger partial charge in [0.05, 0.1) is 6.42 Å². The molecule has 0 fully saturated rings. The van der Waals surface area contributed by atoms with Gasteiger partial charge in [-0.25, -0.2) is 4.79 Å². The first-order valence-electron chi connectivity index (χ1n) is 5.50. The van der Waals surface area contributed by atoms with E-state index in [1.54, 1.807) is 19.1 Å². The second-order valence-electron chi connectivity index (χ2n) is 4.05. The topological polar surface area (TPSA) is 136 Å². The fourth-order valence-corrected chi connectivity index (χ4v) is 1.54. The van der Waals surface area contributed by atoms with Crippen molar-refractivity contribution in [2.75, 3.05) is 5.73 Å². The van der Waals surface area contributed by atoms with Crippen molar-refractivity contribution >= 4 is 23.5 Å². The van der Waals surface area contributed by atoms with E-state index in [0.717, 1.165) is 0 Å². The van der Waals surface area contributed by atoms with E-state index in [9.17, 15) is 14.4 Å². The molecule has 2 amide bonds. The first-order chi connectivity index (χ1) is 8.82. The summed E-state index contributed by atoms with van der Waals surface area (Å²) in [5.41, 5.74) is 11.8. The average Bonchev–Trinajstić information content (AvgIpc) is 2.31. The van der Waals surface area contributed by atoms with Crippen LogP contribution < -0.4 is 16.8 Å². The van der Waals surface area contributed by atoms with Crippen molar-refractivity contribution in [3.05, 3.63) is 29.3 Å². The highest BCUT2D eigenvalue weighted by Crippen LogP contribution is 2.15. The Morgan fingerprint density at radius 1 is 1.37 bits per heavy atom. The largest absolute Gasteiger partial charge is 0.480 e. The molecule has 0 aliphatic carbocycles. The maximum atomic E-state index is 11.9. The lowest BCUT2D eigenvalue weighted by atomic mass is 10.1. The first-order valence-corrected chi connectivity index (χ1v) is 5.50. The number of carboxylic acid groups (broad SMARTS) is 1. The highest BCUT2D eigenvalue weighted by molar-refractivity contribution is 5.99. The van der Waals surface area contributed by atoms with Gasteiger partial charge < -0.3 is 21.9 Å². The van der Waals surface area contributed by atoms with Crippen LogP contribution in [-0.4, -0.2) is 28.9 Å². The quantitative estimate of drug-likeness (QED) is 0.539. The zero-order valence-electron chi connectivity index (χ0n) is 10.3. The van der Waals surface area contributed by atoms with Crippen molar-refractivity contribution in [2.45, 2.75) is 19.4 Å². The Hall–Kier alpha value is -2.57.